The van der Waals surface area contributed by atoms with Crippen molar-refractivity contribution in [3.63, 3.8) is 0 Å². The van der Waals surface area contributed by atoms with E-state index in [2.05, 4.69) is 0 Å². The molecule has 2 aromatic rings. The minimum atomic E-state index is -2.65. The fraction of sp³-hybridized carbons (Fsp3) is 0.367. The molecular formula is C30H32N2O8. The molecular weight excluding hydrogens is 516 g/mol. The summed E-state index contributed by atoms with van der Waals surface area (Å²) in [7, 11) is 4.74. The van der Waals surface area contributed by atoms with Gasteiger partial charge in [0.25, 0.3) is 5.91 Å². The molecule has 6 N–H and O–H groups in total. The number of amides is 1. The van der Waals surface area contributed by atoms with Crippen LogP contribution in [-0.4, -0.2) is 75.6 Å². The van der Waals surface area contributed by atoms with Crippen molar-refractivity contribution in [2.75, 3.05) is 21.2 Å². The zero-order valence-corrected chi connectivity index (χ0v) is 22.5. The second kappa shape index (κ2) is 9.79. The molecule has 1 amide bonds. The third kappa shape index (κ3) is 3.98. The number of nitrogens with zero attached hydrogens (tertiary/aromatic N) is 1. The van der Waals surface area contributed by atoms with Crippen LogP contribution >= 0.6 is 0 Å². The normalized spacial score (nSPS) is 26.0. The molecule has 0 saturated heterocycles. The molecule has 10 heteroatoms. The number of methoxy groups -OCH3 is 1. The maximum Gasteiger partial charge on any atom is 0.255 e. The fourth-order valence-corrected chi connectivity index (χ4v) is 6.61. The van der Waals surface area contributed by atoms with E-state index in [4.69, 9.17) is 10.5 Å². The third-order valence-electron chi connectivity index (χ3n) is 8.54. The van der Waals surface area contributed by atoms with E-state index in [0.717, 1.165) is 16.9 Å². The number of phenolic OH excluding ortho intramolecular Hbond substituents is 1. The van der Waals surface area contributed by atoms with E-state index in [9.17, 15) is 34.8 Å². The Kier molecular flexibility index (Phi) is 6.71. The van der Waals surface area contributed by atoms with Crippen LogP contribution in [0.5, 0.6) is 11.5 Å². The molecule has 0 aromatic heterocycles. The molecule has 5 rings (SSSR count). The van der Waals surface area contributed by atoms with Gasteiger partial charge in [0.15, 0.2) is 11.4 Å². The topological polar surface area (TPSA) is 171 Å². The van der Waals surface area contributed by atoms with E-state index in [1.54, 1.807) is 27.3 Å². The van der Waals surface area contributed by atoms with Gasteiger partial charge in [0.1, 0.15) is 28.6 Å². The summed E-state index contributed by atoms with van der Waals surface area (Å²) in [4.78, 5) is 40.7. The van der Waals surface area contributed by atoms with Gasteiger partial charge in [-0.15, -0.1) is 0 Å². The Morgan fingerprint density at radius 2 is 1.75 bits per heavy atom. The van der Waals surface area contributed by atoms with Crippen molar-refractivity contribution in [3.05, 3.63) is 75.6 Å². The molecule has 0 spiro atoms. The number of Topliss-reactive ketones (excluding diaryl/α,β-unsaturated/α-hetero) is 2. The molecule has 0 unspecified atom stereocenters. The van der Waals surface area contributed by atoms with E-state index in [0.29, 0.717) is 18.4 Å². The number of likely N-dealkylation sites (N-methyl/N-ethyl adjacent to an activating group) is 1. The van der Waals surface area contributed by atoms with Gasteiger partial charge in [-0.05, 0) is 80.6 Å². The number of aliphatic hydroxyl groups excluding tert-OH is 2. The van der Waals surface area contributed by atoms with Crippen LogP contribution in [0.25, 0.3) is 5.76 Å². The molecule has 3 aliphatic carbocycles. The Balaban J connectivity index is 1.59. The van der Waals surface area contributed by atoms with Crippen LogP contribution in [0.4, 0.5) is 0 Å². The van der Waals surface area contributed by atoms with Gasteiger partial charge in [-0.25, -0.2) is 0 Å². The average Bonchev–Trinajstić information content (AvgIpc) is 2.90. The van der Waals surface area contributed by atoms with Gasteiger partial charge in [-0.2, -0.15) is 0 Å². The maximum atomic E-state index is 13.9. The number of carbonyl (C=O) groups is 3. The second-order valence-electron chi connectivity index (χ2n) is 10.9. The first kappa shape index (κ1) is 27.4. The highest BCUT2D eigenvalue weighted by molar-refractivity contribution is 6.24. The molecule has 1 saturated carbocycles. The molecule has 2 aromatic carbocycles. The number of aryl methyl sites for hydroxylation is 2. The molecule has 0 bridgehead atoms. The number of hydrogen-bond acceptors (Lipinski definition) is 9. The summed E-state index contributed by atoms with van der Waals surface area (Å²) in [6.45, 7) is 0. The number of nitrogens with two attached hydrogens (primary N) is 1. The van der Waals surface area contributed by atoms with Crippen LogP contribution < -0.4 is 10.5 Å². The number of ketones is 2. The summed E-state index contributed by atoms with van der Waals surface area (Å²) in [5.74, 6) is -5.83. The summed E-state index contributed by atoms with van der Waals surface area (Å²) in [6.07, 6.45) is 1.59. The quantitative estimate of drug-likeness (QED) is 0.338. The van der Waals surface area contributed by atoms with Crippen molar-refractivity contribution in [2.24, 2.45) is 17.6 Å². The molecule has 40 heavy (non-hydrogen) atoms. The zero-order chi connectivity index (χ0) is 29.1. The zero-order valence-electron chi connectivity index (χ0n) is 22.5. The number of ether oxygens (including phenoxy) is 1. The Hall–Kier alpha value is -4.15. The summed E-state index contributed by atoms with van der Waals surface area (Å²) in [5, 5.41) is 44.7. The minimum Gasteiger partial charge on any atom is -0.508 e. The first-order valence-electron chi connectivity index (χ1n) is 13.0. The Bertz CT molecular complexity index is 1490. The number of primary amides is 1. The van der Waals surface area contributed by atoms with E-state index in [-0.39, 0.29) is 29.7 Å². The lowest BCUT2D eigenvalue weighted by Gasteiger charge is -2.50. The first-order chi connectivity index (χ1) is 18.9. The molecule has 3 aliphatic rings. The highest BCUT2D eigenvalue weighted by Gasteiger charge is 2.64. The van der Waals surface area contributed by atoms with Crippen LogP contribution in [0, 0.1) is 11.8 Å². The smallest absolute Gasteiger partial charge is 0.255 e. The first-order valence-corrected chi connectivity index (χ1v) is 13.0. The van der Waals surface area contributed by atoms with Gasteiger partial charge in [-0.1, -0.05) is 18.2 Å². The summed E-state index contributed by atoms with van der Waals surface area (Å²) < 4.78 is 5.22. The third-order valence-corrected chi connectivity index (χ3v) is 8.54. The molecule has 0 heterocycles. The molecule has 210 valence electrons. The average molecular weight is 549 g/mol. The number of aliphatic hydroxyl groups is 3. The minimum absolute atomic E-state index is 0.0549. The Labute approximate surface area is 231 Å². The van der Waals surface area contributed by atoms with Gasteiger partial charge in [0.05, 0.1) is 18.7 Å². The van der Waals surface area contributed by atoms with Crippen molar-refractivity contribution in [2.45, 2.75) is 37.3 Å². The van der Waals surface area contributed by atoms with Gasteiger partial charge >= 0.3 is 0 Å². The van der Waals surface area contributed by atoms with Gasteiger partial charge in [0.2, 0.25) is 5.78 Å². The van der Waals surface area contributed by atoms with Crippen molar-refractivity contribution >= 4 is 23.2 Å². The van der Waals surface area contributed by atoms with Crippen LogP contribution in [0.15, 0.2) is 53.3 Å². The van der Waals surface area contributed by atoms with E-state index < -0.39 is 58.0 Å². The molecule has 0 aliphatic heterocycles. The summed E-state index contributed by atoms with van der Waals surface area (Å²) >= 11 is 0. The predicted octanol–water partition coefficient (Wildman–Crippen LogP) is 1.76. The molecule has 1 fully saturated rings. The highest BCUT2D eigenvalue weighted by Crippen LogP contribution is 2.53. The second-order valence-corrected chi connectivity index (χ2v) is 10.9. The Morgan fingerprint density at radius 1 is 1.07 bits per heavy atom. The Morgan fingerprint density at radius 3 is 2.35 bits per heavy atom. The van der Waals surface area contributed by atoms with Crippen LogP contribution in [0.1, 0.15) is 28.7 Å². The molecule has 0 radical (unpaired) electrons. The van der Waals surface area contributed by atoms with E-state index in [1.165, 1.54) is 11.0 Å². The van der Waals surface area contributed by atoms with E-state index in [1.807, 2.05) is 24.3 Å². The largest absolute Gasteiger partial charge is 0.508 e. The standard InChI is InChI=1S/C30H32N2O8/c1-32(2)24-19-13-16-12-18-15(7-4-14-5-9-17(40-3)10-6-14)8-11-20(33)22(18)25(34)21(16)27(36)30(19,39)28(37)23(26(24)35)29(31)38/h5-6,8-11,16,19,24,33-34,37,39H,4,7,12-13H2,1-3H3,(H2,31,38)/t16-,19-,24-,30-/m0/s1. The van der Waals surface area contributed by atoms with Gasteiger partial charge < -0.3 is 30.9 Å². The lowest BCUT2D eigenvalue weighted by atomic mass is 9.57. The molecule has 4 atom stereocenters. The maximum absolute atomic E-state index is 13.9. The number of benzene rings is 2. The van der Waals surface area contributed by atoms with Crippen molar-refractivity contribution in [1.82, 2.24) is 4.90 Å². The highest BCUT2D eigenvalue weighted by atomic mass is 16.5. The fourth-order valence-electron chi connectivity index (χ4n) is 6.61. The predicted molar refractivity (Wildman–Crippen MR) is 145 cm³/mol. The van der Waals surface area contributed by atoms with Crippen LogP contribution in [-0.2, 0) is 33.6 Å². The molecule has 10 nitrogen and oxygen atoms in total. The number of rotatable bonds is 6. The lowest BCUT2D eigenvalue weighted by molar-refractivity contribution is -0.153. The monoisotopic (exact) mass is 548 g/mol. The van der Waals surface area contributed by atoms with Crippen molar-refractivity contribution in [3.8, 4) is 11.5 Å². The number of aromatic hydroxyl groups is 1. The number of phenols is 1. The van der Waals surface area contributed by atoms with Crippen LogP contribution in [0.3, 0.4) is 0 Å². The SMILES string of the molecule is COc1ccc(CCc2ccc(O)c3c2C[C@H]2C[C@H]4[C@H](N(C)C)C(=O)C(C(N)=O)=C(O)[C@@]4(O)C(=O)C2=C3O)cc1. The van der Waals surface area contributed by atoms with Crippen molar-refractivity contribution in [1.29, 1.82) is 0 Å². The summed E-state index contributed by atoms with van der Waals surface area (Å²) in [6, 6.07) is 9.80. The van der Waals surface area contributed by atoms with E-state index >= 15 is 0 Å². The lowest BCUT2D eigenvalue weighted by Crippen LogP contribution is -2.65. The number of carbonyl (C=O) groups excluding carboxylic acids is 3. The van der Waals surface area contributed by atoms with Gasteiger partial charge in [0, 0.05) is 11.5 Å². The van der Waals surface area contributed by atoms with Crippen molar-refractivity contribution < 1.29 is 39.5 Å². The number of hydrogen-bond donors (Lipinski definition) is 5. The van der Waals surface area contributed by atoms with Crippen LogP contribution in [0.2, 0.25) is 0 Å². The summed E-state index contributed by atoms with van der Waals surface area (Å²) in [5.41, 5.74) is 4.46. The number of fused-ring (bicyclic) bond motifs is 3. The van der Waals surface area contributed by atoms with Gasteiger partial charge in [-0.3, -0.25) is 19.3 Å².